The number of nitrogens with zero attached hydrogens (tertiary/aromatic N) is 2. The lowest BCUT2D eigenvalue weighted by Crippen LogP contribution is -2.42. The topological polar surface area (TPSA) is 91.4 Å². The van der Waals surface area contributed by atoms with E-state index in [1.165, 1.54) is 25.3 Å². The highest BCUT2D eigenvalue weighted by Crippen LogP contribution is 2.31. The molecule has 2 N–H and O–H groups in total. The van der Waals surface area contributed by atoms with Crippen molar-refractivity contribution < 1.29 is 23.2 Å². The SMILES string of the molecule is CC1(c2cc(F)ccc2F)NC(=O)N(CC(=O)Nc2ccc(Cl)cn2)C1=O. The van der Waals surface area contributed by atoms with Gasteiger partial charge < -0.3 is 10.6 Å². The molecule has 1 saturated heterocycles. The van der Waals surface area contributed by atoms with Gasteiger partial charge in [-0.15, -0.1) is 0 Å². The first-order valence-corrected chi connectivity index (χ1v) is 8.09. The molecule has 7 nitrogen and oxygen atoms in total. The van der Waals surface area contributed by atoms with Gasteiger partial charge in [0.1, 0.15) is 29.5 Å². The molecule has 4 amide bonds. The minimum atomic E-state index is -1.83. The number of carbonyl (C=O) groups excluding carboxylic acids is 3. The van der Waals surface area contributed by atoms with Crippen molar-refractivity contribution in [3.8, 4) is 0 Å². The van der Waals surface area contributed by atoms with E-state index in [-0.39, 0.29) is 11.4 Å². The minimum Gasteiger partial charge on any atom is -0.319 e. The average molecular weight is 395 g/mol. The van der Waals surface area contributed by atoms with Crippen LogP contribution in [0.5, 0.6) is 0 Å². The molecule has 1 aliphatic rings. The predicted molar refractivity (Wildman–Crippen MR) is 91.8 cm³/mol. The number of benzene rings is 1. The van der Waals surface area contributed by atoms with E-state index in [1.54, 1.807) is 0 Å². The van der Waals surface area contributed by atoms with Crippen LogP contribution in [0.1, 0.15) is 12.5 Å². The van der Waals surface area contributed by atoms with Crippen molar-refractivity contribution in [3.05, 3.63) is 58.7 Å². The van der Waals surface area contributed by atoms with Gasteiger partial charge in [0.05, 0.1) is 5.02 Å². The van der Waals surface area contributed by atoms with Crippen molar-refractivity contribution in [1.29, 1.82) is 0 Å². The Kier molecular flexibility index (Phi) is 4.79. The van der Waals surface area contributed by atoms with E-state index in [0.717, 1.165) is 18.2 Å². The molecule has 0 spiro atoms. The van der Waals surface area contributed by atoms with Crippen LogP contribution < -0.4 is 10.6 Å². The van der Waals surface area contributed by atoms with E-state index in [2.05, 4.69) is 15.6 Å². The van der Waals surface area contributed by atoms with Crippen LogP contribution in [0.3, 0.4) is 0 Å². The Morgan fingerprint density at radius 2 is 2.04 bits per heavy atom. The van der Waals surface area contributed by atoms with E-state index >= 15 is 0 Å². The fraction of sp³-hybridized carbons (Fsp3) is 0.176. The second-order valence-corrected chi connectivity index (χ2v) is 6.42. The van der Waals surface area contributed by atoms with Crippen LogP contribution in [0.25, 0.3) is 0 Å². The second-order valence-electron chi connectivity index (χ2n) is 5.98. The number of imide groups is 1. The summed E-state index contributed by atoms with van der Waals surface area (Å²) in [6, 6.07) is 4.63. The Morgan fingerprint density at radius 3 is 2.70 bits per heavy atom. The molecule has 1 fully saturated rings. The molecule has 2 heterocycles. The van der Waals surface area contributed by atoms with Gasteiger partial charge in [-0.25, -0.2) is 18.6 Å². The van der Waals surface area contributed by atoms with Crippen molar-refractivity contribution in [1.82, 2.24) is 15.2 Å². The zero-order chi connectivity index (χ0) is 19.8. The second kappa shape index (κ2) is 6.92. The molecule has 10 heteroatoms. The van der Waals surface area contributed by atoms with Gasteiger partial charge in [0.25, 0.3) is 5.91 Å². The molecule has 2 aromatic rings. The highest BCUT2D eigenvalue weighted by molar-refractivity contribution is 6.30. The summed E-state index contributed by atoms with van der Waals surface area (Å²) >= 11 is 5.70. The van der Waals surface area contributed by atoms with Crippen molar-refractivity contribution in [2.75, 3.05) is 11.9 Å². The van der Waals surface area contributed by atoms with Crippen LogP contribution in [-0.4, -0.2) is 34.3 Å². The van der Waals surface area contributed by atoms with Gasteiger partial charge in [-0.1, -0.05) is 11.6 Å². The van der Waals surface area contributed by atoms with Crippen LogP contribution in [0.2, 0.25) is 5.02 Å². The van der Waals surface area contributed by atoms with Crippen molar-refractivity contribution in [2.45, 2.75) is 12.5 Å². The molecule has 27 heavy (non-hydrogen) atoms. The number of anilines is 1. The number of rotatable bonds is 4. The van der Waals surface area contributed by atoms with Crippen molar-refractivity contribution >= 4 is 35.3 Å². The molecule has 1 aliphatic heterocycles. The van der Waals surface area contributed by atoms with E-state index in [0.29, 0.717) is 9.92 Å². The zero-order valence-electron chi connectivity index (χ0n) is 13.9. The minimum absolute atomic E-state index is 0.176. The van der Waals surface area contributed by atoms with Gasteiger partial charge in [0.15, 0.2) is 0 Å². The Morgan fingerprint density at radius 1 is 1.30 bits per heavy atom. The number of aromatic nitrogens is 1. The molecular formula is C17H13ClF2N4O3. The molecule has 0 radical (unpaired) electrons. The summed E-state index contributed by atoms with van der Waals surface area (Å²) in [6.45, 7) is 0.616. The third kappa shape index (κ3) is 3.59. The molecule has 3 rings (SSSR count). The van der Waals surface area contributed by atoms with Gasteiger partial charge in [0, 0.05) is 11.8 Å². The third-order valence-corrected chi connectivity index (χ3v) is 4.26. The third-order valence-electron chi connectivity index (χ3n) is 4.04. The lowest BCUT2D eigenvalue weighted by atomic mass is 9.91. The molecule has 1 atom stereocenters. The monoisotopic (exact) mass is 394 g/mol. The molecule has 0 aliphatic carbocycles. The first-order valence-electron chi connectivity index (χ1n) is 7.72. The smallest absolute Gasteiger partial charge is 0.319 e. The fourth-order valence-electron chi connectivity index (χ4n) is 2.68. The predicted octanol–water partition coefficient (Wildman–Crippen LogP) is 2.42. The summed E-state index contributed by atoms with van der Waals surface area (Å²) in [4.78, 5) is 41.5. The maximum Gasteiger partial charge on any atom is 0.325 e. The molecule has 1 unspecified atom stereocenters. The van der Waals surface area contributed by atoms with Crippen molar-refractivity contribution in [2.24, 2.45) is 0 Å². The van der Waals surface area contributed by atoms with E-state index < -0.39 is 41.6 Å². The number of nitrogens with one attached hydrogen (secondary N) is 2. The summed E-state index contributed by atoms with van der Waals surface area (Å²) in [6.07, 6.45) is 1.31. The van der Waals surface area contributed by atoms with Gasteiger partial charge >= 0.3 is 6.03 Å². The fourth-order valence-corrected chi connectivity index (χ4v) is 2.79. The van der Waals surface area contributed by atoms with Gasteiger partial charge in [-0.2, -0.15) is 0 Å². The number of pyridine rings is 1. The number of amides is 4. The number of urea groups is 1. The quantitative estimate of drug-likeness (QED) is 0.779. The first kappa shape index (κ1) is 18.7. The van der Waals surface area contributed by atoms with E-state index in [4.69, 9.17) is 11.6 Å². The summed E-state index contributed by atoms with van der Waals surface area (Å²) in [7, 11) is 0. The Bertz CT molecular complexity index is 938. The summed E-state index contributed by atoms with van der Waals surface area (Å²) in [5.41, 5.74) is -2.16. The van der Waals surface area contributed by atoms with Crippen molar-refractivity contribution in [3.63, 3.8) is 0 Å². The maximum absolute atomic E-state index is 14.1. The first-order chi connectivity index (χ1) is 12.7. The largest absolute Gasteiger partial charge is 0.325 e. The van der Waals surface area contributed by atoms with Crippen LogP contribution in [-0.2, 0) is 15.1 Å². The lowest BCUT2D eigenvalue weighted by molar-refractivity contribution is -0.133. The normalized spacial score (nSPS) is 19.2. The van der Waals surface area contributed by atoms with Crippen LogP contribution in [0.15, 0.2) is 36.5 Å². The highest BCUT2D eigenvalue weighted by atomic mass is 35.5. The molecule has 140 valence electrons. The number of halogens is 3. The molecule has 0 bridgehead atoms. The Hall–Kier alpha value is -3.07. The molecular weight excluding hydrogens is 382 g/mol. The zero-order valence-corrected chi connectivity index (χ0v) is 14.7. The number of hydrogen-bond donors (Lipinski definition) is 2. The number of hydrogen-bond acceptors (Lipinski definition) is 4. The lowest BCUT2D eigenvalue weighted by Gasteiger charge is -2.22. The number of carbonyl (C=O) groups is 3. The van der Waals surface area contributed by atoms with Gasteiger partial charge in [-0.3, -0.25) is 14.5 Å². The van der Waals surface area contributed by atoms with E-state index in [1.807, 2.05) is 0 Å². The molecule has 1 aromatic carbocycles. The van der Waals surface area contributed by atoms with Crippen LogP contribution in [0.4, 0.5) is 19.4 Å². The Balaban J connectivity index is 1.78. The van der Waals surface area contributed by atoms with Crippen LogP contribution in [0, 0.1) is 11.6 Å². The average Bonchev–Trinajstić information content (AvgIpc) is 2.83. The van der Waals surface area contributed by atoms with Crippen LogP contribution >= 0.6 is 11.6 Å². The maximum atomic E-state index is 14.1. The summed E-state index contributed by atoms with van der Waals surface area (Å²) < 4.78 is 27.6. The highest BCUT2D eigenvalue weighted by Gasteiger charge is 2.50. The summed E-state index contributed by atoms with van der Waals surface area (Å²) in [5, 5.41) is 5.09. The summed E-state index contributed by atoms with van der Waals surface area (Å²) in [5.74, 6) is -3.02. The Labute approximate surface area is 157 Å². The standard InChI is InChI=1S/C17H13ClF2N4O3/c1-17(11-6-10(19)3-4-12(11)20)15(26)24(16(27)23-17)8-14(25)22-13-5-2-9(18)7-21-13/h2-7H,8H2,1H3,(H,23,27)(H,21,22,25). The van der Waals surface area contributed by atoms with Gasteiger partial charge in [0.2, 0.25) is 5.91 Å². The van der Waals surface area contributed by atoms with Gasteiger partial charge in [-0.05, 0) is 37.3 Å². The molecule has 1 aromatic heterocycles. The van der Waals surface area contributed by atoms with E-state index in [9.17, 15) is 23.2 Å². The molecule has 0 saturated carbocycles.